The molecule has 0 bridgehead atoms. The van der Waals surface area contributed by atoms with E-state index >= 15 is 0 Å². The molecule has 0 aliphatic rings. The Balaban J connectivity index is 2.90. The molecule has 0 spiro atoms. The highest BCUT2D eigenvalue weighted by Gasteiger charge is 2.04. The van der Waals surface area contributed by atoms with Crippen molar-refractivity contribution >= 4 is 11.0 Å². The summed E-state index contributed by atoms with van der Waals surface area (Å²) in [6, 6.07) is 2.12. The maximum atomic E-state index is 4.30. The van der Waals surface area contributed by atoms with E-state index in [2.05, 4.69) is 16.1 Å². The molecule has 3 nitrogen and oxygen atoms in total. The van der Waals surface area contributed by atoms with E-state index in [4.69, 9.17) is 0 Å². The molecule has 2 aromatic rings. The summed E-state index contributed by atoms with van der Waals surface area (Å²) in [7, 11) is 1.91. The van der Waals surface area contributed by atoms with Gasteiger partial charge in [-0.1, -0.05) is 0 Å². The molecule has 0 saturated heterocycles. The minimum Gasteiger partial charge on any atom is -0.250 e. The van der Waals surface area contributed by atoms with E-state index in [0.717, 1.165) is 16.7 Å². The van der Waals surface area contributed by atoms with Crippen LogP contribution >= 0.6 is 0 Å². The van der Waals surface area contributed by atoms with E-state index in [1.807, 2.05) is 31.8 Å². The van der Waals surface area contributed by atoms with Crippen molar-refractivity contribution in [2.24, 2.45) is 7.05 Å². The van der Waals surface area contributed by atoms with Crippen LogP contribution in [0.4, 0.5) is 0 Å². The first kappa shape index (κ1) is 7.28. The quantitative estimate of drug-likeness (QED) is 0.587. The van der Waals surface area contributed by atoms with E-state index in [-0.39, 0.29) is 0 Å². The third-order valence-electron chi connectivity index (χ3n) is 2.00. The van der Waals surface area contributed by atoms with Gasteiger partial charge in [-0.15, -0.1) is 0 Å². The Bertz CT molecular complexity index is 429. The molecule has 0 atom stereocenters. The molecule has 0 aliphatic carbocycles. The lowest BCUT2D eigenvalue weighted by atomic mass is 10.2. The largest absolute Gasteiger partial charge is 0.250 e. The van der Waals surface area contributed by atoms with Gasteiger partial charge in [0.15, 0.2) is 5.65 Å². The first-order valence-corrected chi connectivity index (χ1v) is 3.94. The fraction of sp³-hybridized carbons (Fsp3) is 0.333. The standard InChI is InChI=1S/C9H11N3/c1-6-4-8-7(2)11-12(3)9(8)10-5-6/h4-5H,1-3H3. The summed E-state index contributed by atoms with van der Waals surface area (Å²) in [5.41, 5.74) is 3.18. The highest BCUT2D eigenvalue weighted by atomic mass is 15.3. The minimum atomic E-state index is 0.957. The van der Waals surface area contributed by atoms with Gasteiger partial charge in [-0.2, -0.15) is 5.10 Å². The number of hydrogen-bond acceptors (Lipinski definition) is 2. The third-order valence-corrected chi connectivity index (χ3v) is 2.00. The fourth-order valence-corrected chi connectivity index (χ4v) is 1.41. The van der Waals surface area contributed by atoms with Crippen molar-refractivity contribution in [3.8, 4) is 0 Å². The van der Waals surface area contributed by atoms with Crippen LogP contribution in [0.15, 0.2) is 12.3 Å². The Morgan fingerprint density at radius 1 is 1.33 bits per heavy atom. The number of fused-ring (bicyclic) bond motifs is 1. The second kappa shape index (κ2) is 2.30. The highest BCUT2D eigenvalue weighted by Crippen LogP contribution is 2.15. The number of rotatable bonds is 0. The molecule has 0 saturated carbocycles. The summed E-state index contributed by atoms with van der Waals surface area (Å²) in [5, 5.41) is 5.44. The monoisotopic (exact) mass is 161 g/mol. The molecular weight excluding hydrogens is 150 g/mol. The van der Waals surface area contributed by atoms with Crippen LogP contribution in [-0.2, 0) is 7.05 Å². The molecule has 0 aromatic carbocycles. The highest BCUT2D eigenvalue weighted by molar-refractivity contribution is 5.78. The summed E-state index contributed by atoms with van der Waals surface area (Å²) >= 11 is 0. The van der Waals surface area contributed by atoms with Gasteiger partial charge < -0.3 is 0 Å². The third kappa shape index (κ3) is 0.897. The lowest BCUT2D eigenvalue weighted by molar-refractivity contribution is 0.773. The van der Waals surface area contributed by atoms with Gasteiger partial charge >= 0.3 is 0 Å². The molecule has 0 unspecified atom stereocenters. The van der Waals surface area contributed by atoms with Crippen LogP contribution in [0.3, 0.4) is 0 Å². The fourth-order valence-electron chi connectivity index (χ4n) is 1.41. The molecule has 0 aliphatic heterocycles. The molecule has 62 valence electrons. The molecular formula is C9H11N3. The van der Waals surface area contributed by atoms with Crippen LogP contribution in [0.5, 0.6) is 0 Å². The smallest absolute Gasteiger partial charge is 0.157 e. The predicted octanol–water partition coefficient (Wildman–Crippen LogP) is 1.59. The van der Waals surface area contributed by atoms with E-state index in [1.165, 1.54) is 5.56 Å². The Hall–Kier alpha value is -1.38. The van der Waals surface area contributed by atoms with Gasteiger partial charge in [0.2, 0.25) is 0 Å². The molecule has 0 radical (unpaired) electrons. The second-order valence-corrected chi connectivity index (χ2v) is 3.09. The average Bonchev–Trinajstić information content (AvgIpc) is 2.28. The van der Waals surface area contributed by atoms with E-state index < -0.39 is 0 Å². The van der Waals surface area contributed by atoms with Crippen LogP contribution in [0.25, 0.3) is 11.0 Å². The van der Waals surface area contributed by atoms with Crippen LogP contribution in [0.1, 0.15) is 11.3 Å². The minimum absolute atomic E-state index is 0.957. The lowest BCUT2D eigenvalue weighted by Crippen LogP contribution is -1.91. The summed E-state index contributed by atoms with van der Waals surface area (Å²) in [5.74, 6) is 0. The molecule has 2 rings (SSSR count). The number of aromatic nitrogens is 3. The van der Waals surface area contributed by atoms with E-state index in [0.29, 0.717) is 0 Å². The second-order valence-electron chi connectivity index (χ2n) is 3.09. The zero-order chi connectivity index (χ0) is 8.72. The molecule has 2 heterocycles. The van der Waals surface area contributed by atoms with Crippen LogP contribution < -0.4 is 0 Å². The number of hydrogen-bond donors (Lipinski definition) is 0. The first-order valence-electron chi connectivity index (χ1n) is 3.94. The van der Waals surface area contributed by atoms with Crippen molar-refractivity contribution in [1.29, 1.82) is 0 Å². The van der Waals surface area contributed by atoms with Crippen LogP contribution in [-0.4, -0.2) is 14.8 Å². The maximum Gasteiger partial charge on any atom is 0.157 e. The molecule has 0 N–H and O–H groups in total. The topological polar surface area (TPSA) is 30.7 Å². The average molecular weight is 161 g/mol. The van der Waals surface area contributed by atoms with Crippen LogP contribution in [0, 0.1) is 13.8 Å². The van der Waals surface area contributed by atoms with Gasteiger partial charge in [0.05, 0.1) is 5.69 Å². The Kier molecular flexibility index (Phi) is 1.40. The van der Waals surface area contributed by atoms with Gasteiger partial charge in [-0.25, -0.2) is 4.98 Å². The zero-order valence-corrected chi connectivity index (χ0v) is 7.50. The number of nitrogens with zero attached hydrogens (tertiary/aromatic N) is 3. The first-order chi connectivity index (χ1) is 5.68. The van der Waals surface area contributed by atoms with E-state index in [1.54, 1.807) is 0 Å². The summed E-state index contributed by atoms with van der Waals surface area (Å²) in [4.78, 5) is 4.30. The van der Waals surface area contributed by atoms with Crippen molar-refractivity contribution in [3.05, 3.63) is 23.5 Å². The van der Waals surface area contributed by atoms with Crippen molar-refractivity contribution in [2.45, 2.75) is 13.8 Å². The predicted molar refractivity (Wildman–Crippen MR) is 48.0 cm³/mol. The Morgan fingerprint density at radius 3 is 2.83 bits per heavy atom. The van der Waals surface area contributed by atoms with Gasteiger partial charge in [-0.3, -0.25) is 4.68 Å². The van der Waals surface area contributed by atoms with Crippen molar-refractivity contribution in [2.75, 3.05) is 0 Å². The van der Waals surface area contributed by atoms with Crippen molar-refractivity contribution in [1.82, 2.24) is 14.8 Å². The lowest BCUT2D eigenvalue weighted by Gasteiger charge is -1.93. The molecule has 3 heteroatoms. The molecule has 2 aromatic heterocycles. The number of aryl methyl sites for hydroxylation is 3. The SMILES string of the molecule is Cc1cnc2c(c1)c(C)nn2C. The summed E-state index contributed by atoms with van der Waals surface area (Å²) in [6.07, 6.45) is 1.86. The normalized spacial score (nSPS) is 10.9. The summed E-state index contributed by atoms with van der Waals surface area (Å²) < 4.78 is 1.81. The van der Waals surface area contributed by atoms with Gasteiger partial charge in [0, 0.05) is 18.6 Å². The Morgan fingerprint density at radius 2 is 2.08 bits per heavy atom. The maximum absolute atomic E-state index is 4.30. The van der Waals surface area contributed by atoms with Gasteiger partial charge in [0.25, 0.3) is 0 Å². The zero-order valence-electron chi connectivity index (χ0n) is 7.50. The van der Waals surface area contributed by atoms with Crippen molar-refractivity contribution < 1.29 is 0 Å². The van der Waals surface area contributed by atoms with Gasteiger partial charge in [-0.05, 0) is 25.5 Å². The Labute approximate surface area is 71.0 Å². The van der Waals surface area contributed by atoms with Crippen LogP contribution in [0.2, 0.25) is 0 Å². The van der Waals surface area contributed by atoms with E-state index in [9.17, 15) is 0 Å². The summed E-state index contributed by atoms with van der Waals surface area (Å²) in [6.45, 7) is 4.04. The number of pyridine rings is 1. The molecule has 0 fully saturated rings. The molecule has 0 amide bonds. The molecule has 12 heavy (non-hydrogen) atoms. The van der Waals surface area contributed by atoms with Gasteiger partial charge in [0.1, 0.15) is 0 Å². The van der Waals surface area contributed by atoms with Crippen molar-refractivity contribution in [3.63, 3.8) is 0 Å².